The first kappa shape index (κ1) is 20.4. The number of hydrogen-bond acceptors (Lipinski definition) is 6. The van der Waals surface area contributed by atoms with Crippen LogP contribution in [0.15, 0.2) is 47.8 Å². The summed E-state index contributed by atoms with van der Waals surface area (Å²) >= 11 is 7.72. The van der Waals surface area contributed by atoms with Crippen LogP contribution in [-0.2, 0) is 18.7 Å². The van der Waals surface area contributed by atoms with Crippen LogP contribution in [0.3, 0.4) is 0 Å². The molecular formula is C21H19ClN2O5S. The molecule has 0 spiro atoms. The summed E-state index contributed by atoms with van der Waals surface area (Å²) in [6, 6.07) is 11.2. The first-order valence-corrected chi connectivity index (χ1v) is 10.5. The monoisotopic (exact) mass is 446 g/mol. The Bertz CT molecular complexity index is 1070. The zero-order valence-corrected chi connectivity index (χ0v) is 17.7. The van der Waals surface area contributed by atoms with Gasteiger partial charge in [-0.15, -0.1) is 0 Å². The van der Waals surface area contributed by atoms with E-state index in [4.69, 9.17) is 25.8 Å². The van der Waals surface area contributed by atoms with Gasteiger partial charge in [0.2, 0.25) is 6.79 Å². The summed E-state index contributed by atoms with van der Waals surface area (Å²) in [6.07, 6.45) is 2.09. The molecule has 2 heterocycles. The van der Waals surface area contributed by atoms with E-state index in [1.54, 1.807) is 24.1 Å². The molecule has 0 radical (unpaired) electrons. The number of nitrogens with zero attached hydrogens (tertiary/aromatic N) is 2. The number of carboxylic acid groups (broad SMARTS) is 1. The van der Waals surface area contributed by atoms with Crippen molar-refractivity contribution in [2.75, 3.05) is 13.9 Å². The molecule has 30 heavy (non-hydrogen) atoms. The molecule has 1 N–H and O–H groups in total. The standard InChI is InChI=1S/C21H19ClN2O5S/c1-27-15-4-2-13(3-5-15)10-30-20-19(21(25)26)24(11-23-20)7-6-14-8-17-18(9-16(14)22)29-12-28-17/h2-5,8-9,11H,6-7,10,12H2,1H3,(H,25,26). The highest BCUT2D eigenvalue weighted by Crippen LogP contribution is 2.37. The number of halogens is 1. The fraction of sp³-hybridized carbons (Fsp3) is 0.238. The number of imidazole rings is 1. The van der Waals surface area contributed by atoms with Gasteiger partial charge in [0.15, 0.2) is 17.2 Å². The summed E-state index contributed by atoms with van der Waals surface area (Å²) in [4.78, 5) is 16.2. The Morgan fingerprint density at radius 1 is 1.27 bits per heavy atom. The SMILES string of the molecule is COc1ccc(CSc2ncn(CCc3cc4c(cc3Cl)OCO4)c2C(=O)O)cc1. The van der Waals surface area contributed by atoms with Crippen LogP contribution in [0, 0.1) is 0 Å². The van der Waals surface area contributed by atoms with Crippen molar-refractivity contribution in [1.29, 1.82) is 0 Å². The molecule has 7 nitrogen and oxygen atoms in total. The zero-order valence-electron chi connectivity index (χ0n) is 16.1. The van der Waals surface area contributed by atoms with Crippen molar-refractivity contribution < 1.29 is 24.1 Å². The Kier molecular flexibility index (Phi) is 6.06. The fourth-order valence-corrected chi connectivity index (χ4v) is 4.33. The molecule has 2 aromatic carbocycles. The van der Waals surface area contributed by atoms with Crippen LogP contribution < -0.4 is 14.2 Å². The third-order valence-corrected chi connectivity index (χ3v) is 6.11. The summed E-state index contributed by atoms with van der Waals surface area (Å²) in [5.41, 5.74) is 2.09. The summed E-state index contributed by atoms with van der Waals surface area (Å²) in [6.45, 7) is 0.603. The van der Waals surface area contributed by atoms with Gasteiger partial charge in [-0.25, -0.2) is 9.78 Å². The molecule has 9 heteroatoms. The lowest BCUT2D eigenvalue weighted by Crippen LogP contribution is -2.10. The van der Waals surface area contributed by atoms with Gasteiger partial charge in [-0.2, -0.15) is 0 Å². The van der Waals surface area contributed by atoms with Crippen molar-refractivity contribution in [3.05, 3.63) is 64.6 Å². The third-order valence-electron chi connectivity index (χ3n) is 4.71. The van der Waals surface area contributed by atoms with E-state index < -0.39 is 5.97 Å². The van der Waals surface area contributed by atoms with Crippen LogP contribution in [0.4, 0.5) is 0 Å². The molecule has 1 aliphatic heterocycles. The minimum Gasteiger partial charge on any atom is -0.497 e. The second kappa shape index (κ2) is 8.89. The van der Waals surface area contributed by atoms with Crippen LogP contribution in [0.25, 0.3) is 0 Å². The van der Waals surface area contributed by atoms with Crippen molar-refractivity contribution in [1.82, 2.24) is 9.55 Å². The molecule has 0 aliphatic carbocycles. The van der Waals surface area contributed by atoms with Crippen molar-refractivity contribution in [3.8, 4) is 17.2 Å². The average Bonchev–Trinajstić information content (AvgIpc) is 3.37. The lowest BCUT2D eigenvalue weighted by atomic mass is 10.1. The van der Waals surface area contributed by atoms with E-state index in [9.17, 15) is 9.90 Å². The molecule has 1 aliphatic rings. The van der Waals surface area contributed by atoms with E-state index in [-0.39, 0.29) is 12.5 Å². The number of thioether (sulfide) groups is 1. The van der Waals surface area contributed by atoms with Crippen molar-refractivity contribution in [2.24, 2.45) is 0 Å². The van der Waals surface area contributed by atoms with E-state index in [2.05, 4.69) is 4.98 Å². The number of hydrogen-bond donors (Lipinski definition) is 1. The number of aryl methyl sites for hydroxylation is 2. The maximum Gasteiger partial charge on any atom is 0.355 e. The van der Waals surface area contributed by atoms with Crippen molar-refractivity contribution in [2.45, 2.75) is 23.7 Å². The number of carbonyl (C=O) groups is 1. The Morgan fingerprint density at radius 2 is 2.00 bits per heavy atom. The number of aromatic carboxylic acids is 1. The van der Waals surface area contributed by atoms with Crippen molar-refractivity contribution in [3.63, 3.8) is 0 Å². The summed E-state index contributed by atoms with van der Waals surface area (Å²) in [5, 5.41) is 10.8. The molecule has 0 saturated carbocycles. The van der Waals surface area contributed by atoms with Gasteiger partial charge in [-0.05, 0) is 35.7 Å². The molecule has 4 rings (SSSR count). The molecule has 3 aromatic rings. The van der Waals surface area contributed by atoms with Crippen LogP contribution >= 0.6 is 23.4 Å². The van der Waals surface area contributed by atoms with Gasteiger partial charge < -0.3 is 23.9 Å². The number of carboxylic acids is 1. The Labute approximate surface area is 182 Å². The van der Waals surface area contributed by atoms with Gasteiger partial charge in [-0.3, -0.25) is 0 Å². The number of methoxy groups -OCH3 is 1. The lowest BCUT2D eigenvalue weighted by Gasteiger charge is -2.09. The molecule has 0 fully saturated rings. The van der Waals surface area contributed by atoms with E-state index in [0.29, 0.717) is 40.3 Å². The van der Waals surface area contributed by atoms with Gasteiger partial charge in [-0.1, -0.05) is 35.5 Å². The first-order valence-electron chi connectivity index (χ1n) is 9.17. The minimum atomic E-state index is -1.01. The highest BCUT2D eigenvalue weighted by Gasteiger charge is 2.20. The lowest BCUT2D eigenvalue weighted by molar-refractivity contribution is 0.0680. The Morgan fingerprint density at radius 3 is 2.70 bits per heavy atom. The van der Waals surface area contributed by atoms with E-state index >= 15 is 0 Å². The normalized spacial score (nSPS) is 12.2. The summed E-state index contributed by atoms with van der Waals surface area (Å²) < 4.78 is 17.5. The number of ether oxygens (including phenoxy) is 3. The molecule has 156 valence electrons. The van der Waals surface area contributed by atoms with E-state index in [0.717, 1.165) is 16.9 Å². The Hall–Kier alpha value is -2.84. The van der Waals surface area contributed by atoms with Gasteiger partial charge in [0.1, 0.15) is 10.8 Å². The highest BCUT2D eigenvalue weighted by molar-refractivity contribution is 7.98. The van der Waals surface area contributed by atoms with Gasteiger partial charge >= 0.3 is 5.97 Å². The van der Waals surface area contributed by atoms with E-state index in [1.807, 2.05) is 30.3 Å². The third kappa shape index (κ3) is 4.34. The number of rotatable bonds is 8. The van der Waals surface area contributed by atoms with Crippen LogP contribution in [-0.4, -0.2) is 34.5 Å². The maximum atomic E-state index is 11.9. The number of aromatic nitrogens is 2. The molecule has 0 saturated heterocycles. The van der Waals surface area contributed by atoms with Crippen LogP contribution in [0.2, 0.25) is 5.02 Å². The van der Waals surface area contributed by atoms with E-state index in [1.165, 1.54) is 11.8 Å². The van der Waals surface area contributed by atoms with Crippen LogP contribution in [0.5, 0.6) is 17.2 Å². The largest absolute Gasteiger partial charge is 0.497 e. The second-order valence-corrected chi connectivity index (χ2v) is 7.95. The number of fused-ring (bicyclic) bond motifs is 1. The molecule has 0 bridgehead atoms. The topological polar surface area (TPSA) is 82.8 Å². The molecular weight excluding hydrogens is 428 g/mol. The molecule has 0 amide bonds. The van der Waals surface area contributed by atoms with Crippen LogP contribution in [0.1, 0.15) is 21.6 Å². The molecule has 0 atom stereocenters. The first-order chi connectivity index (χ1) is 14.5. The van der Waals surface area contributed by atoms with Crippen molar-refractivity contribution >= 4 is 29.3 Å². The van der Waals surface area contributed by atoms with Gasteiger partial charge in [0.25, 0.3) is 0 Å². The maximum absolute atomic E-state index is 11.9. The summed E-state index contributed by atoms with van der Waals surface area (Å²) in [7, 11) is 1.62. The average molecular weight is 447 g/mol. The Balaban J connectivity index is 1.46. The minimum absolute atomic E-state index is 0.172. The van der Waals surface area contributed by atoms with Gasteiger partial charge in [0.05, 0.1) is 13.4 Å². The highest BCUT2D eigenvalue weighted by atomic mass is 35.5. The fourth-order valence-electron chi connectivity index (χ4n) is 3.12. The predicted octanol–water partition coefficient (Wildman–Crippen LogP) is 4.51. The van der Waals surface area contributed by atoms with Gasteiger partial charge in [0, 0.05) is 23.4 Å². The molecule has 0 unspecified atom stereocenters. The quantitative estimate of drug-likeness (QED) is 0.510. The molecule has 1 aromatic heterocycles. The number of benzene rings is 2. The smallest absolute Gasteiger partial charge is 0.355 e. The predicted molar refractivity (Wildman–Crippen MR) is 113 cm³/mol. The summed E-state index contributed by atoms with van der Waals surface area (Å²) in [5.74, 6) is 1.64. The second-order valence-electron chi connectivity index (χ2n) is 6.58. The zero-order chi connectivity index (χ0) is 21.1.